The summed E-state index contributed by atoms with van der Waals surface area (Å²) in [7, 11) is 0. The molecular formula is C18H23N5O3S. The Morgan fingerprint density at radius 3 is 2.81 bits per heavy atom. The highest BCUT2D eigenvalue weighted by Crippen LogP contribution is 2.26. The third-order valence-electron chi connectivity index (χ3n) is 4.63. The molecule has 1 aliphatic carbocycles. The number of thiazole rings is 1. The van der Waals surface area contributed by atoms with Gasteiger partial charge in [-0.3, -0.25) is 19.6 Å². The maximum atomic E-state index is 12.3. The van der Waals surface area contributed by atoms with E-state index in [1.807, 2.05) is 5.38 Å². The Kier molecular flexibility index (Phi) is 6.83. The zero-order chi connectivity index (χ0) is 19.1. The molecule has 144 valence electrons. The molecule has 2 heterocycles. The number of aliphatic hydroxyl groups excluding tert-OH is 1. The van der Waals surface area contributed by atoms with Gasteiger partial charge in [0.05, 0.1) is 29.0 Å². The molecule has 2 aromatic rings. The molecule has 0 unspecified atom stereocenters. The Balaban J connectivity index is 1.39. The van der Waals surface area contributed by atoms with E-state index in [9.17, 15) is 14.7 Å². The number of carbonyl (C=O) groups excluding carboxylic acids is 2. The van der Waals surface area contributed by atoms with Gasteiger partial charge in [-0.1, -0.05) is 0 Å². The van der Waals surface area contributed by atoms with Crippen molar-refractivity contribution >= 4 is 23.2 Å². The number of amides is 2. The minimum absolute atomic E-state index is 0.0828. The number of aliphatic hydroxyl groups is 1. The largest absolute Gasteiger partial charge is 0.391 e. The summed E-state index contributed by atoms with van der Waals surface area (Å²) in [6, 6.07) is -0.395. The molecule has 9 heteroatoms. The highest BCUT2D eigenvalue weighted by atomic mass is 32.1. The van der Waals surface area contributed by atoms with E-state index >= 15 is 0 Å². The second-order valence-corrected chi connectivity index (χ2v) is 7.35. The Morgan fingerprint density at radius 2 is 2.07 bits per heavy atom. The number of carbonyl (C=O) groups is 2. The summed E-state index contributed by atoms with van der Waals surface area (Å²) in [6.07, 6.45) is 6.34. The number of nitrogens with zero attached hydrogens (tertiary/aromatic N) is 3. The van der Waals surface area contributed by atoms with Gasteiger partial charge in [0.2, 0.25) is 11.8 Å². The molecule has 1 aliphatic rings. The maximum absolute atomic E-state index is 12.3. The van der Waals surface area contributed by atoms with Crippen molar-refractivity contribution in [2.45, 2.75) is 44.2 Å². The first-order chi connectivity index (χ1) is 13.1. The van der Waals surface area contributed by atoms with Gasteiger partial charge < -0.3 is 15.7 Å². The van der Waals surface area contributed by atoms with E-state index < -0.39 is 12.1 Å². The van der Waals surface area contributed by atoms with Crippen molar-refractivity contribution in [1.29, 1.82) is 0 Å². The minimum Gasteiger partial charge on any atom is -0.391 e. The average molecular weight is 389 g/mol. The maximum Gasteiger partial charge on any atom is 0.223 e. The number of nitrogens with one attached hydrogen (secondary N) is 2. The van der Waals surface area contributed by atoms with Crippen LogP contribution in [0, 0.1) is 5.92 Å². The molecule has 0 saturated heterocycles. The number of rotatable bonds is 8. The third-order valence-corrected chi connectivity index (χ3v) is 5.27. The van der Waals surface area contributed by atoms with Gasteiger partial charge in [-0.05, 0) is 19.3 Å². The second kappa shape index (κ2) is 9.52. The van der Waals surface area contributed by atoms with Crippen molar-refractivity contribution in [3.8, 4) is 0 Å². The Morgan fingerprint density at radius 1 is 1.19 bits per heavy atom. The predicted octanol–water partition coefficient (Wildman–Crippen LogP) is 0.480. The molecule has 1 saturated carbocycles. The molecule has 8 nitrogen and oxygen atoms in total. The molecular weight excluding hydrogens is 366 g/mol. The topological polar surface area (TPSA) is 117 Å². The summed E-state index contributed by atoms with van der Waals surface area (Å²) in [5.74, 6) is -0.532. The fraction of sp³-hybridized carbons (Fsp3) is 0.500. The zero-order valence-electron chi connectivity index (χ0n) is 14.9. The van der Waals surface area contributed by atoms with Crippen LogP contribution in [0.5, 0.6) is 0 Å². The van der Waals surface area contributed by atoms with Gasteiger partial charge in [0.15, 0.2) is 0 Å². The van der Waals surface area contributed by atoms with Crippen molar-refractivity contribution in [3.63, 3.8) is 0 Å². The van der Waals surface area contributed by atoms with Gasteiger partial charge in [0.1, 0.15) is 0 Å². The molecule has 27 heavy (non-hydrogen) atoms. The third kappa shape index (κ3) is 5.80. The lowest BCUT2D eigenvalue weighted by Crippen LogP contribution is -2.40. The standard InChI is InChI=1S/C18H23N5O3S/c24-16-8-12(18(26)21-4-3-14-10-27-11-22-14)7-15(16)23-17(25)2-1-13-9-19-5-6-20-13/h5-6,9-12,15-16,24H,1-4,7-8H2,(H,21,26)(H,23,25)/t12-,15-,16-/m0/s1. The summed E-state index contributed by atoms with van der Waals surface area (Å²) in [6.45, 7) is 0.518. The predicted molar refractivity (Wildman–Crippen MR) is 99.8 cm³/mol. The fourth-order valence-electron chi connectivity index (χ4n) is 3.18. The summed E-state index contributed by atoms with van der Waals surface area (Å²) in [4.78, 5) is 36.7. The molecule has 1 fully saturated rings. The first-order valence-corrected chi connectivity index (χ1v) is 9.93. The first-order valence-electron chi connectivity index (χ1n) is 8.99. The van der Waals surface area contributed by atoms with Gasteiger partial charge in [0, 0.05) is 49.3 Å². The van der Waals surface area contributed by atoms with Crippen molar-refractivity contribution in [3.05, 3.63) is 40.9 Å². The zero-order valence-corrected chi connectivity index (χ0v) is 15.7. The van der Waals surface area contributed by atoms with Crippen LogP contribution in [0.15, 0.2) is 29.5 Å². The summed E-state index contributed by atoms with van der Waals surface area (Å²) >= 11 is 1.53. The monoisotopic (exact) mass is 389 g/mol. The van der Waals surface area contributed by atoms with E-state index in [0.29, 0.717) is 32.2 Å². The summed E-state index contributed by atoms with van der Waals surface area (Å²) in [5, 5.41) is 17.9. The molecule has 0 bridgehead atoms. The van der Waals surface area contributed by atoms with Gasteiger partial charge in [-0.15, -0.1) is 11.3 Å². The number of aromatic nitrogens is 3. The lowest BCUT2D eigenvalue weighted by Gasteiger charge is -2.16. The highest BCUT2D eigenvalue weighted by molar-refractivity contribution is 7.07. The quantitative estimate of drug-likeness (QED) is 0.605. The summed E-state index contributed by atoms with van der Waals surface area (Å²) in [5.41, 5.74) is 3.47. The molecule has 0 aromatic carbocycles. The smallest absolute Gasteiger partial charge is 0.223 e. The minimum atomic E-state index is -0.709. The van der Waals surface area contributed by atoms with Crippen LogP contribution in [0.3, 0.4) is 0 Å². The highest BCUT2D eigenvalue weighted by Gasteiger charge is 2.37. The normalized spacial score (nSPS) is 21.7. The van der Waals surface area contributed by atoms with E-state index in [2.05, 4.69) is 25.6 Å². The van der Waals surface area contributed by atoms with E-state index in [0.717, 1.165) is 11.4 Å². The molecule has 2 amide bonds. The molecule has 0 radical (unpaired) electrons. The van der Waals surface area contributed by atoms with Gasteiger partial charge in [-0.2, -0.15) is 0 Å². The van der Waals surface area contributed by atoms with Crippen molar-refractivity contribution in [1.82, 2.24) is 25.6 Å². The van der Waals surface area contributed by atoms with Gasteiger partial charge in [-0.25, -0.2) is 4.98 Å². The molecule has 3 N–H and O–H groups in total. The van der Waals surface area contributed by atoms with E-state index in [1.54, 1.807) is 24.1 Å². The molecule has 3 atom stereocenters. The van der Waals surface area contributed by atoms with Crippen LogP contribution >= 0.6 is 11.3 Å². The molecule has 0 spiro atoms. The van der Waals surface area contributed by atoms with Gasteiger partial charge >= 0.3 is 0 Å². The van der Waals surface area contributed by atoms with Gasteiger partial charge in [0.25, 0.3) is 0 Å². The van der Waals surface area contributed by atoms with Crippen LogP contribution in [-0.4, -0.2) is 50.6 Å². The van der Waals surface area contributed by atoms with Crippen LogP contribution < -0.4 is 10.6 Å². The van der Waals surface area contributed by atoms with Crippen LogP contribution in [0.25, 0.3) is 0 Å². The average Bonchev–Trinajstić information content (AvgIpc) is 3.31. The molecule has 3 rings (SSSR count). The summed E-state index contributed by atoms with van der Waals surface area (Å²) < 4.78 is 0. The van der Waals surface area contributed by atoms with Crippen molar-refractivity contribution in [2.75, 3.05) is 6.54 Å². The number of aryl methyl sites for hydroxylation is 1. The van der Waals surface area contributed by atoms with Crippen molar-refractivity contribution < 1.29 is 14.7 Å². The van der Waals surface area contributed by atoms with Crippen LogP contribution in [0.4, 0.5) is 0 Å². The Labute approximate surface area is 161 Å². The SMILES string of the molecule is O=C(CCc1cnccn1)N[C@H]1C[C@H](C(=O)NCCc2cscn2)C[C@@H]1O. The second-order valence-electron chi connectivity index (χ2n) is 6.63. The fourth-order valence-corrected chi connectivity index (χ4v) is 3.78. The Hall–Kier alpha value is -2.39. The molecule has 0 aliphatic heterocycles. The lowest BCUT2D eigenvalue weighted by atomic mass is 10.1. The number of hydrogen-bond donors (Lipinski definition) is 3. The lowest BCUT2D eigenvalue weighted by molar-refractivity contribution is -0.125. The number of hydrogen-bond acceptors (Lipinski definition) is 7. The first kappa shape index (κ1) is 19.4. The van der Waals surface area contributed by atoms with E-state index in [4.69, 9.17) is 0 Å². The van der Waals surface area contributed by atoms with Crippen LogP contribution in [-0.2, 0) is 22.4 Å². The Bertz CT molecular complexity index is 741. The van der Waals surface area contributed by atoms with Crippen LogP contribution in [0.2, 0.25) is 0 Å². The van der Waals surface area contributed by atoms with Crippen molar-refractivity contribution in [2.24, 2.45) is 5.92 Å². The van der Waals surface area contributed by atoms with Crippen LogP contribution in [0.1, 0.15) is 30.7 Å². The van der Waals surface area contributed by atoms with E-state index in [-0.39, 0.29) is 24.2 Å². The molecule has 2 aromatic heterocycles. The van der Waals surface area contributed by atoms with E-state index in [1.165, 1.54) is 11.3 Å².